The van der Waals surface area contributed by atoms with E-state index in [-0.39, 0.29) is 11.9 Å². The number of halogens is 1. The normalized spacial score (nSPS) is 27.6. The number of piperazine rings is 1. The maximum atomic E-state index is 14.0. The van der Waals surface area contributed by atoms with E-state index in [9.17, 15) is 9.50 Å². The first-order valence-electron chi connectivity index (χ1n) is 9.13. The Morgan fingerprint density at radius 3 is 2.76 bits per heavy atom. The summed E-state index contributed by atoms with van der Waals surface area (Å²) in [5.41, 5.74) is 1.93. The van der Waals surface area contributed by atoms with E-state index >= 15 is 0 Å². The van der Waals surface area contributed by atoms with Crippen LogP contribution in [0.5, 0.6) is 0 Å². The molecule has 0 bridgehead atoms. The van der Waals surface area contributed by atoms with Crippen LogP contribution in [-0.2, 0) is 13.1 Å². The van der Waals surface area contributed by atoms with Crippen LogP contribution in [0.3, 0.4) is 0 Å². The number of hydrogen-bond acceptors (Lipinski definition) is 3. The summed E-state index contributed by atoms with van der Waals surface area (Å²) in [5, 5.41) is 9.92. The fourth-order valence-electron chi connectivity index (χ4n) is 4.26. The number of nitrogens with zero attached hydrogens (tertiary/aromatic N) is 3. The molecule has 2 fully saturated rings. The molecular weight excluding hydrogens is 317 g/mol. The van der Waals surface area contributed by atoms with Gasteiger partial charge < -0.3 is 9.67 Å². The molecule has 4 nitrogen and oxygen atoms in total. The number of aromatic nitrogens is 1. The summed E-state index contributed by atoms with van der Waals surface area (Å²) >= 11 is 0. The van der Waals surface area contributed by atoms with Gasteiger partial charge in [0.25, 0.3) is 0 Å². The van der Waals surface area contributed by atoms with Crippen molar-refractivity contribution in [2.45, 2.75) is 44.6 Å². The number of aliphatic hydroxyl groups is 1. The molecule has 3 atom stereocenters. The first kappa shape index (κ1) is 16.8. The third kappa shape index (κ3) is 3.50. The third-order valence-corrected chi connectivity index (χ3v) is 5.66. The Kier molecular flexibility index (Phi) is 4.63. The SMILES string of the molecule is C[C@H]1CN2C[C@H](O)CC2CN1Cc1cccn1Cc1ccccc1F. The molecular formula is C20H26FN3O. The van der Waals surface area contributed by atoms with Crippen LogP contribution in [0.2, 0.25) is 0 Å². The highest BCUT2D eigenvalue weighted by molar-refractivity contribution is 5.19. The lowest BCUT2D eigenvalue weighted by Crippen LogP contribution is -2.54. The molecule has 1 N–H and O–H groups in total. The van der Waals surface area contributed by atoms with Gasteiger partial charge in [0.1, 0.15) is 5.82 Å². The second kappa shape index (κ2) is 6.90. The molecule has 2 aliphatic heterocycles. The first-order valence-corrected chi connectivity index (χ1v) is 9.13. The first-order chi connectivity index (χ1) is 12.1. The van der Waals surface area contributed by atoms with Crippen LogP contribution in [0.25, 0.3) is 0 Å². The van der Waals surface area contributed by atoms with Gasteiger partial charge >= 0.3 is 0 Å². The van der Waals surface area contributed by atoms with Gasteiger partial charge in [-0.05, 0) is 31.5 Å². The van der Waals surface area contributed by atoms with Crippen LogP contribution < -0.4 is 0 Å². The van der Waals surface area contributed by atoms with Crippen LogP contribution in [0.1, 0.15) is 24.6 Å². The summed E-state index contributed by atoms with van der Waals surface area (Å²) in [6.45, 7) is 6.49. The van der Waals surface area contributed by atoms with Crippen molar-refractivity contribution in [2.75, 3.05) is 19.6 Å². The van der Waals surface area contributed by atoms with Crippen LogP contribution in [-0.4, -0.2) is 57.3 Å². The summed E-state index contributed by atoms with van der Waals surface area (Å²) in [7, 11) is 0. The van der Waals surface area contributed by atoms with Crippen molar-refractivity contribution in [1.29, 1.82) is 0 Å². The highest BCUT2D eigenvalue weighted by Gasteiger charge is 2.38. The Bertz CT molecular complexity index is 731. The van der Waals surface area contributed by atoms with Gasteiger partial charge in [0, 0.05) is 55.7 Å². The van der Waals surface area contributed by atoms with Crippen LogP contribution in [0.15, 0.2) is 42.6 Å². The van der Waals surface area contributed by atoms with Gasteiger partial charge in [-0.1, -0.05) is 18.2 Å². The Morgan fingerprint density at radius 2 is 1.92 bits per heavy atom. The van der Waals surface area contributed by atoms with Gasteiger partial charge in [0.05, 0.1) is 12.6 Å². The Labute approximate surface area is 148 Å². The summed E-state index contributed by atoms with van der Waals surface area (Å²) < 4.78 is 16.1. The molecule has 0 aliphatic carbocycles. The van der Waals surface area contributed by atoms with Crippen LogP contribution in [0, 0.1) is 5.82 Å². The summed E-state index contributed by atoms with van der Waals surface area (Å²) in [4.78, 5) is 4.91. The number of benzene rings is 1. The molecule has 0 radical (unpaired) electrons. The molecule has 1 aromatic heterocycles. The lowest BCUT2D eigenvalue weighted by atomic mass is 10.1. The molecule has 1 unspecified atom stereocenters. The van der Waals surface area contributed by atoms with E-state index in [0.29, 0.717) is 18.6 Å². The smallest absolute Gasteiger partial charge is 0.128 e. The minimum absolute atomic E-state index is 0.149. The lowest BCUT2D eigenvalue weighted by Gasteiger charge is -2.42. The van der Waals surface area contributed by atoms with Crippen molar-refractivity contribution >= 4 is 0 Å². The third-order valence-electron chi connectivity index (χ3n) is 5.66. The molecule has 2 saturated heterocycles. The van der Waals surface area contributed by atoms with Crippen molar-refractivity contribution in [3.8, 4) is 0 Å². The van der Waals surface area contributed by atoms with Crippen molar-refractivity contribution in [3.63, 3.8) is 0 Å². The molecule has 134 valence electrons. The fraction of sp³-hybridized carbons (Fsp3) is 0.500. The largest absolute Gasteiger partial charge is 0.392 e. The van der Waals surface area contributed by atoms with E-state index in [1.54, 1.807) is 6.07 Å². The minimum atomic E-state index is -0.179. The molecule has 0 amide bonds. The van der Waals surface area contributed by atoms with E-state index in [1.165, 1.54) is 11.8 Å². The molecule has 25 heavy (non-hydrogen) atoms. The van der Waals surface area contributed by atoms with E-state index in [1.807, 2.05) is 24.4 Å². The minimum Gasteiger partial charge on any atom is -0.392 e. The number of aliphatic hydroxyl groups excluding tert-OH is 1. The molecule has 3 heterocycles. The van der Waals surface area contributed by atoms with E-state index < -0.39 is 0 Å². The zero-order chi connectivity index (χ0) is 17.4. The molecule has 0 spiro atoms. The van der Waals surface area contributed by atoms with Crippen LogP contribution >= 0.6 is 0 Å². The van der Waals surface area contributed by atoms with Gasteiger partial charge in [-0.25, -0.2) is 4.39 Å². The van der Waals surface area contributed by atoms with Crippen molar-refractivity contribution in [3.05, 3.63) is 59.7 Å². The molecule has 4 rings (SSSR count). The molecule has 2 aliphatic rings. The standard InChI is InChI=1S/C20H26FN3O/c1-15-10-24-14-19(25)9-18(24)13-23(15)12-17-6-4-8-22(17)11-16-5-2-3-7-20(16)21/h2-8,15,18-19,25H,9-14H2,1H3/t15-,18?,19+/m0/s1. The van der Waals surface area contributed by atoms with Crippen LogP contribution in [0.4, 0.5) is 4.39 Å². The quantitative estimate of drug-likeness (QED) is 0.924. The van der Waals surface area contributed by atoms with Gasteiger partial charge in [-0.15, -0.1) is 0 Å². The van der Waals surface area contributed by atoms with Crippen molar-refractivity contribution in [2.24, 2.45) is 0 Å². The molecule has 0 saturated carbocycles. The van der Waals surface area contributed by atoms with E-state index in [2.05, 4.69) is 27.4 Å². The van der Waals surface area contributed by atoms with E-state index in [0.717, 1.165) is 38.2 Å². The molecule has 2 aromatic rings. The fourth-order valence-corrected chi connectivity index (χ4v) is 4.26. The lowest BCUT2D eigenvalue weighted by molar-refractivity contribution is 0.0513. The van der Waals surface area contributed by atoms with Crippen molar-refractivity contribution < 1.29 is 9.50 Å². The molecule has 5 heteroatoms. The topological polar surface area (TPSA) is 31.6 Å². The number of rotatable bonds is 4. The number of hydrogen-bond donors (Lipinski definition) is 1. The number of fused-ring (bicyclic) bond motifs is 1. The average Bonchev–Trinajstić information content (AvgIpc) is 3.15. The predicted octanol–water partition coefficient (Wildman–Crippen LogP) is 2.31. The highest BCUT2D eigenvalue weighted by Crippen LogP contribution is 2.26. The maximum absolute atomic E-state index is 14.0. The Hall–Kier alpha value is -1.69. The second-order valence-corrected chi connectivity index (χ2v) is 7.49. The summed E-state index contributed by atoms with van der Waals surface area (Å²) in [6, 6.07) is 12.1. The maximum Gasteiger partial charge on any atom is 0.128 e. The second-order valence-electron chi connectivity index (χ2n) is 7.49. The van der Waals surface area contributed by atoms with Crippen molar-refractivity contribution in [1.82, 2.24) is 14.4 Å². The van der Waals surface area contributed by atoms with Gasteiger partial charge in [-0.2, -0.15) is 0 Å². The zero-order valence-corrected chi connectivity index (χ0v) is 14.7. The Balaban J connectivity index is 1.47. The summed E-state index contributed by atoms with van der Waals surface area (Å²) in [6.07, 6.45) is 2.73. The van der Waals surface area contributed by atoms with Gasteiger partial charge in [-0.3, -0.25) is 9.80 Å². The van der Waals surface area contributed by atoms with Gasteiger partial charge in [0.2, 0.25) is 0 Å². The van der Waals surface area contributed by atoms with Gasteiger partial charge in [0.15, 0.2) is 0 Å². The van der Waals surface area contributed by atoms with E-state index in [4.69, 9.17) is 0 Å². The predicted molar refractivity (Wildman–Crippen MR) is 95.8 cm³/mol. The zero-order valence-electron chi connectivity index (χ0n) is 14.7. The Morgan fingerprint density at radius 1 is 1.08 bits per heavy atom. The molecule has 1 aromatic carbocycles. The highest BCUT2D eigenvalue weighted by atomic mass is 19.1. The summed E-state index contributed by atoms with van der Waals surface area (Å²) in [5.74, 6) is -0.149. The average molecular weight is 343 g/mol. The monoisotopic (exact) mass is 343 g/mol.